The Balaban J connectivity index is 1.83. The van der Waals surface area contributed by atoms with Crippen molar-refractivity contribution in [1.82, 2.24) is 5.32 Å². The highest BCUT2D eigenvalue weighted by molar-refractivity contribution is 9.10. The third-order valence-electron chi connectivity index (χ3n) is 2.79. The van der Waals surface area contributed by atoms with Crippen molar-refractivity contribution in [2.45, 2.75) is 13.0 Å². The summed E-state index contributed by atoms with van der Waals surface area (Å²) in [5.41, 5.74) is 1.33. The Labute approximate surface area is 134 Å². The monoisotopic (exact) mass is 373 g/mol. The van der Waals surface area contributed by atoms with Gasteiger partial charge in [0.2, 0.25) is 0 Å². The van der Waals surface area contributed by atoms with Crippen LogP contribution in [0.25, 0.3) is 0 Å². The average molecular weight is 375 g/mol. The van der Waals surface area contributed by atoms with Gasteiger partial charge in [-0.2, -0.15) is 0 Å². The van der Waals surface area contributed by atoms with Crippen LogP contribution >= 0.6 is 38.9 Å². The first-order chi connectivity index (χ1) is 9.56. The fourth-order valence-electron chi connectivity index (χ4n) is 1.74. The molecule has 1 aromatic carbocycles. The van der Waals surface area contributed by atoms with E-state index >= 15 is 0 Å². The molecule has 1 aromatic heterocycles. The zero-order valence-corrected chi connectivity index (χ0v) is 13.7. The van der Waals surface area contributed by atoms with Crippen molar-refractivity contribution in [1.29, 1.82) is 0 Å². The lowest BCUT2D eigenvalue weighted by atomic mass is 10.1. The number of nitrogens with one attached hydrogen (secondary N) is 1. The third-order valence-corrected chi connectivity index (χ3v) is 4.82. The maximum atomic E-state index is 10.8. The molecule has 0 saturated carbocycles. The van der Waals surface area contributed by atoms with Crippen molar-refractivity contribution in [3.8, 4) is 0 Å². The number of carbonyl (C=O) groups is 1. The molecule has 2 aromatic rings. The van der Waals surface area contributed by atoms with E-state index in [-0.39, 0.29) is 5.56 Å². The molecular weight excluding hydrogens is 362 g/mol. The fraction of sp³-hybridized carbons (Fsp3) is 0.214. The lowest BCUT2D eigenvalue weighted by Gasteiger charge is -2.07. The van der Waals surface area contributed by atoms with Crippen molar-refractivity contribution in [3.05, 3.63) is 55.1 Å². The number of halogens is 2. The van der Waals surface area contributed by atoms with E-state index < -0.39 is 5.97 Å². The average Bonchev–Trinajstić information content (AvgIpc) is 2.81. The second-order valence-corrected chi connectivity index (χ2v) is 6.90. The SMILES string of the molecule is O=C(O)c1ccc(CNCCc2ccc(Cl)s2)c(Br)c1. The van der Waals surface area contributed by atoms with Gasteiger partial charge in [0.05, 0.1) is 9.90 Å². The van der Waals surface area contributed by atoms with Gasteiger partial charge in [0.15, 0.2) is 0 Å². The highest BCUT2D eigenvalue weighted by Crippen LogP contribution is 2.22. The highest BCUT2D eigenvalue weighted by atomic mass is 79.9. The minimum atomic E-state index is -0.917. The van der Waals surface area contributed by atoms with Crippen LogP contribution in [-0.2, 0) is 13.0 Å². The van der Waals surface area contributed by atoms with Crippen molar-refractivity contribution in [2.75, 3.05) is 6.54 Å². The lowest BCUT2D eigenvalue weighted by molar-refractivity contribution is 0.0697. The molecule has 6 heteroatoms. The van der Waals surface area contributed by atoms with Crippen molar-refractivity contribution in [2.24, 2.45) is 0 Å². The summed E-state index contributed by atoms with van der Waals surface area (Å²) >= 11 is 10.9. The molecule has 0 spiro atoms. The summed E-state index contributed by atoms with van der Waals surface area (Å²) in [7, 11) is 0. The van der Waals surface area contributed by atoms with Crippen LogP contribution < -0.4 is 5.32 Å². The number of hydrogen-bond donors (Lipinski definition) is 2. The molecule has 0 aliphatic rings. The van der Waals surface area contributed by atoms with Crippen molar-refractivity contribution < 1.29 is 9.90 Å². The van der Waals surface area contributed by atoms with Crippen LogP contribution in [0.4, 0.5) is 0 Å². The van der Waals surface area contributed by atoms with Crippen LogP contribution in [-0.4, -0.2) is 17.6 Å². The second-order valence-electron chi connectivity index (χ2n) is 4.24. The Morgan fingerprint density at radius 2 is 2.15 bits per heavy atom. The van der Waals surface area contributed by atoms with Gasteiger partial charge in [-0.05, 0) is 36.2 Å². The predicted octanol–water partition coefficient (Wildman–Crippen LogP) is 4.19. The topological polar surface area (TPSA) is 49.3 Å². The van der Waals surface area contributed by atoms with Crippen molar-refractivity contribution >= 4 is 44.8 Å². The normalized spacial score (nSPS) is 10.7. The van der Waals surface area contributed by atoms with Gasteiger partial charge >= 0.3 is 5.97 Å². The molecule has 3 nitrogen and oxygen atoms in total. The van der Waals surface area contributed by atoms with Gasteiger partial charge in [0.25, 0.3) is 0 Å². The van der Waals surface area contributed by atoms with Gasteiger partial charge in [0, 0.05) is 22.4 Å². The molecule has 0 aliphatic carbocycles. The molecule has 0 fully saturated rings. The first kappa shape index (κ1) is 15.5. The summed E-state index contributed by atoms with van der Waals surface area (Å²) in [4.78, 5) is 12.1. The maximum absolute atomic E-state index is 10.8. The third kappa shape index (κ3) is 4.31. The Morgan fingerprint density at radius 1 is 1.35 bits per heavy atom. The second kappa shape index (κ2) is 7.22. The molecule has 0 atom stereocenters. The number of benzene rings is 1. The molecule has 0 bridgehead atoms. The van der Waals surface area contributed by atoms with E-state index in [4.69, 9.17) is 16.7 Å². The van der Waals surface area contributed by atoms with Gasteiger partial charge in [-0.3, -0.25) is 0 Å². The minimum absolute atomic E-state index is 0.286. The Hall–Kier alpha value is -0.880. The molecular formula is C14H13BrClNO2S. The first-order valence-corrected chi connectivity index (χ1v) is 8.01. The van der Waals surface area contributed by atoms with E-state index in [9.17, 15) is 4.79 Å². The largest absolute Gasteiger partial charge is 0.478 e. The Bertz CT molecular complexity index is 615. The van der Waals surface area contributed by atoms with E-state index in [1.807, 2.05) is 18.2 Å². The van der Waals surface area contributed by atoms with Crippen LogP contribution in [0.15, 0.2) is 34.8 Å². The molecule has 20 heavy (non-hydrogen) atoms. The Kier molecular flexibility index (Phi) is 5.60. The van der Waals surface area contributed by atoms with E-state index in [1.54, 1.807) is 23.5 Å². The van der Waals surface area contributed by atoms with Crippen LogP contribution in [0.1, 0.15) is 20.8 Å². The number of hydrogen-bond acceptors (Lipinski definition) is 3. The van der Waals surface area contributed by atoms with Crippen LogP contribution in [0, 0.1) is 0 Å². The smallest absolute Gasteiger partial charge is 0.335 e. The van der Waals surface area contributed by atoms with Gasteiger partial charge in [-0.1, -0.05) is 33.6 Å². The van der Waals surface area contributed by atoms with Gasteiger partial charge in [-0.15, -0.1) is 11.3 Å². The van der Waals surface area contributed by atoms with E-state index in [0.29, 0.717) is 6.54 Å². The zero-order chi connectivity index (χ0) is 14.5. The first-order valence-electron chi connectivity index (χ1n) is 6.03. The molecule has 0 unspecified atom stereocenters. The van der Waals surface area contributed by atoms with E-state index in [0.717, 1.165) is 27.3 Å². The number of thiophene rings is 1. The standard InChI is InChI=1S/C14H13BrClNO2S/c15-12-7-9(14(18)19)1-2-10(12)8-17-6-5-11-3-4-13(16)20-11/h1-4,7,17H,5-6,8H2,(H,18,19). The Morgan fingerprint density at radius 3 is 2.75 bits per heavy atom. The zero-order valence-electron chi connectivity index (χ0n) is 10.5. The van der Waals surface area contributed by atoms with Gasteiger partial charge in [0.1, 0.15) is 0 Å². The fourth-order valence-corrected chi connectivity index (χ4v) is 3.35. The minimum Gasteiger partial charge on any atom is -0.478 e. The number of aromatic carboxylic acids is 1. The summed E-state index contributed by atoms with van der Waals surface area (Å²) in [5, 5.41) is 12.2. The van der Waals surface area contributed by atoms with E-state index in [1.165, 1.54) is 4.88 Å². The van der Waals surface area contributed by atoms with Gasteiger partial charge in [-0.25, -0.2) is 4.79 Å². The van der Waals surface area contributed by atoms with Crippen LogP contribution in [0.3, 0.4) is 0 Å². The van der Waals surface area contributed by atoms with E-state index in [2.05, 4.69) is 21.2 Å². The summed E-state index contributed by atoms with van der Waals surface area (Å²) in [5.74, 6) is -0.917. The molecule has 1 heterocycles. The predicted molar refractivity (Wildman–Crippen MR) is 85.8 cm³/mol. The molecule has 2 N–H and O–H groups in total. The van der Waals surface area contributed by atoms with Crippen LogP contribution in [0.5, 0.6) is 0 Å². The summed E-state index contributed by atoms with van der Waals surface area (Å²) in [6, 6.07) is 9.00. The maximum Gasteiger partial charge on any atom is 0.335 e. The highest BCUT2D eigenvalue weighted by Gasteiger charge is 2.06. The molecule has 0 aliphatic heterocycles. The van der Waals surface area contributed by atoms with Gasteiger partial charge < -0.3 is 10.4 Å². The number of rotatable bonds is 6. The number of carboxylic acids is 1. The number of carboxylic acid groups (broad SMARTS) is 1. The molecule has 0 saturated heterocycles. The molecule has 0 amide bonds. The summed E-state index contributed by atoms with van der Waals surface area (Å²) < 4.78 is 1.62. The summed E-state index contributed by atoms with van der Waals surface area (Å²) in [6.45, 7) is 1.55. The van der Waals surface area contributed by atoms with Crippen LogP contribution in [0.2, 0.25) is 4.34 Å². The summed E-state index contributed by atoms with van der Waals surface area (Å²) in [6.07, 6.45) is 0.933. The molecule has 2 rings (SSSR count). The molecule has 0 radical (unpaired) electrons. The molecule has 106 valence electrons. The quantitative estimate of drug-likeness (QED) is 0.745. The van der Waals surface area contributed by atoms with Crippen molar-refractivity contribution in [3.63, 3.8) is 0 Å². The lowest BCUT2D eigenvalue weighted by Crippen LogP contribution is -2.16.